The average molecular weight is 201 g/mol. The van der Waals surface area contributed by atoms with Crippen LogP contribution in [-0.2, 0) is 7.05 Å². The number of nitrogens with one attached hydrogen (secondary N) is 1. The molecule has 1 N–H and O–H groups in total. The minimum absolute atomic E-state index is 0.271. The molecule has 1 aromatic carbocycles. The van der Waals surface area contributed by atoms with Gasteiger partial charge in [0.05, 0.1) is 6.04 Å². The normalized spacial score (nSPS) is 12.4. The van der Waals surface area contributed by atoms with Crippen molar-refractivity contribution in [1.82, 2.24) is 9.55 Å². The number of aryl methyl sites for hydroxylation is 1. The van der Waals surface area contributed by atoms with Gasteiger partial charge in [-0.15, -0.1) is 0 Å². The van der Waals surface area contributed by atoms with E-state index < -0.39 is 0 Å². The number of rotatable bonds is 3. The smallest absolute Gasteiger partial charge is 0.202 e. The Hall–Kier alpha value is -1.77. The standard InChI is InChI=1S/C12H15N3/c1-10(11-6-4-3-5-7-11)14-12-13-8-9-15(12)2/h3-10H,1-2H3,(H,13,14). The minimum atomic E-state index is 0.271. The van der Waals surface area contributed by atoms with Gasteiger partial charge >= 0.3 is 0 Å². The summed E-state index contributed by atoms with van der Waals surface area (Å²) in [4.78, 5) is 4.23. The van der Waals surface area contributed by atoms with E-state index in [-0.39, 0.29) is 6.04 Å². The molecule has 1 aromatic heterocycles. The predicted octanol–water partition coefficient (Wildman–Crippen LogP) is 2.59. The van der Waals surface area contributed by atoms with Gasteiger partial charge in [-0.3, -0.25) is 0 Å². The van der Waals surface area contributed by atoms with Crippen LogP contribution >= 0.6 is 0 Å². The minimum Gasteiger partial charge on any atom is -0.349 e. The Morgan fingerprint density at radius 1 is 1.27 bits per heavy atom. The van der Waals surface area contributed by atoms with E-state index in [4.69, 9.17) is 0 Å². The second kappa shape index (κ2) is 4.17. The lowest BCUT2D eigenvalue weighted by molar-refractivity contribution is 0.823. The summed E-state index contributed by atoms with van der Waals surface area (Å²) in [7, 11) is 1.98. The maximum absolute atomic E-state index is 4.23. The molecule has 0 radical (unpaired) electrons. The van der Waals surface area contributed by atoms with Crippen LogP contribution in [0.2, 0.25) is 0 Å². The Kier molecular flexibility index (Phi) is 2.72. The zero-order valence-electron chi connectivity index (χ0n) is 9.01. The topological polar surface area (TPSA) is 29.9 Å². The summed E-state index contributed by atoms with van der Waals surface area (Å²) < 4.78 is 1.97. The van der Waals surface area contributed by atoms with Crippen LogP contribution in [0.5, 0.6) is 0 Å². The van der Waals surface area contributed by atoms with Gasteiger partial charge in [0.25, 0.3) is 0 Å². The second-order valence-corrected chi connectivity index (χ2v) is 3.64. The van der Waals surface area contributed by atoms with Crippen molar-refractivity contribution in [1.29, 1.82) is 0 Å². The third-order valence-electron chi connectivity index (χ3n) is 2.47. The number of hydrogen-bond donors (Lipinski definition) is 1. The highest BCUT2D eigenvalue weighted by Gasteiger charge is 2.06. The fraction of sp³-hybridized carbons (Fsp3) is 0.250. The molecule has 0 amide bonds. The van der Waals surface area contributed by atoms with Gasteiger partial charge < -0.3 is 9.88 Å². The Balaban J connectivity index is 2.11. The molecule has 0 fully saturated rings. The molecule has 3 heteroatoms. The van der Waals surface area contributed by atoms with Crippen LogP contribution in [0.25, 0.3) is 0 Å². The van der Waals surface area contributed by atoms with Gasteiger partial charge in [-0.1, -0.05) is 30.3 Å². The first-order valence-corrected chi connectivity index (χ1v) is 5.06. The summed E-state index contributed by atoms with van der Waals surface area (Å²) in [5.74, 6) is 0.895. The number of imidazole rings is 1. The van der Waals surface area contributed by atoms with E-state index in [1.807, 2.05) is 36.0 Å². The van der Waals surface area contributed by atoms with E-state index >= 15 is 0 Å². The Bertz CT molecular complexity index is 419. The Morgan fingerprint density at radius 3 is 2.60 bits per heavy atom. The molecule has 1 unspecified atom stereocenters. The summed E-state index contributed by atoms with van der Waals surface area (Å²) in [5.41, 5.74) is 1.26. The van der Waals surface area contributed by atoms with Crippen LogP contribution in [0.15, 0.2) is 42.7 Å². The average Bonchev–Trinajstić information content (AvgIpc) is 2.66. The molecule has 15 heavy (non-hydrogen) atoms. The second-order valence-electron chi connectivity index (χ2n) is 3.64. The van der Waals surface area contributed by atoms with Crippen LogP contribution in [0.4, 0.5) is 5.95 Å². The van der Waals surface area contributed by atoms with Crippen LogP contribution < -0.4 is 5.32 Å². The van der Waals surface area contributed by atoms with Crippen molar-refractivity contribution in [3.8, 4) is 0 Å². The van der Waals surface area contributed by atoms with Gasteiger partial charge in [0.2, 0.25) is 5.95 Å². The number of benzene rings is 1. The lowest BCUT2D eigenvalue weighted by Gasteiger charge is -2.14. The maximum Gasteiger partial charge on any atom is 0.202 e. The van der Waals surface area contributed by atoms with E-state index in [9.17, 15) is 0 Å². The summed E-state index contributed by atoms with van der Waals surface area (Å²) in [5, 5.41) is 3.36. The molecule has 78 valence electrons. The van der Waals surface area contributed by atoms with Gasteiger partial charge in [-0.2, -0.15) is 0 Å². The van der Waals surface area contributed by atoms with Crippen molar-refractivity contribution in [3.05, 3.63) is 48.3 Å². The number of nitrogens with zero attached hydrogens (tertiary/aromatic N) is 2. The predicted molar refractivity (Wildman–Crippen MR) is 61.7 cm³/mol. The largest absolute Gasteiger partial charge is 0.349 e. The van der Waals surface area contributed by atoms with E-state index in [0.717, 1.165) is 5.95 Å². The molecular formula is C12H15N3. The van der Waals surface area contributed by atoms with Crippen LogP contribution in [-0.4, -0.2) is 9.55 Å². The first kappa shape index (κ1) is 9.77. The molecule has 2 rings (SSSR count). The Labute approximate surface area is 89.8 Å². The quantitative estimate of drug-likeness (QED) is 0.827. The van der Waals surface area contributed by atoms with Gasteiger partial charge in [0.1, 0.15) is 0 Å². The van der Waals surface area contributed by atoms with Crippen molar-refractivity contribution in [2.45, 2.75) is 13.0 Å². The molecule has 0 aliphatic heterocycles. The molecular weight excluding hydrogens is 186 g/mol. The first-order chi connectivity index (χ1) is 7.27. The van der Waals surface area contributed by atoms with Gasteiger partial charge in [-0.05, 0) is 12.5 Å². The highest BCUT2D eigenvalue weighted by Crippen LogP contribution is 2.16. The van der Waals surface area contributed by atoms with Gasteiger partial charge in [0.15, 0.2) is 0 Å². The SMILES string of the molecule is CC(Nc1nccn1C)c1ccccc1. The lowest BCUT2D eigenvalue weighted by Crippen LogP contribution is -2.10. The molecule has 1 heterocycles. The van der Waals surface area contributed by atoms with Crippen LogP contribution in [0.3, 0.4) is 0 Å². The summed E-state index contributed by atoms with van der Waals surface area (Å²) in [6, 6.07) is 10.6. The van der Waals surface area contributed by atoms with Crippen LogP contribution in [0.1, 0.15) is 18.5 Å². The molecule has 0 bridgehead atoms. The molecule has 0 aliphatic rings. The summed E-state index contributed by atoms with van der Waals surface area (Å²) in [6.07, 6.45) is 3.72. The van der Waals surface area contributed by atoms with E-state index in [1.54, 1.807) is 6.20 Å². The summed E-state index contributed by atoms with van der Waals surface area (Å²) in [6.45, 7) is 2.13. The molecule has 3 nitrogen and oxygen atoms in total. The zero-order valence-corrected chi connectivity index (χ0v) is 9.01. The highest BCUT2D eigenvalue weighted by molar-refractivity contribution is 5.32. The number of hydrogen-bond acceptors (Lipinski definition) is 2. The highest BCUT2D eigenvalue weighted by atomic mass is 15.2. The van der Waals surface area contributed by atoms with Gasteiger partial charge in [0, 0.05) is 19.4 Å². The third kappa shape index (κ3) is 2.18. The monoisotopic (exact) mass is 201 g/mol. The van der Waals surface area contributed by atoms with Crippen LogP contribution in [0, 0.1) is 0 Å². The molecule has 0 saturated heterocycles. The zero-order chi connectivity index (χ0) is 10.7. The van der Waals surface area contributed by atoms with E-state index in [0.29, 0.717) is 0 Å². The molecule has 0 aliphatic carbocycles. The summed E-state index contributed by atoms with van der Waals surface area (Å²) >= 11 is 0. The van der Waals surface area contributed by atoms with E-state index in [2.05, 4.69) is 29.4 Å². The van der Waals surface area contributed by atoms with Crippen molar-refractivity contribution in [2.24, 2.45) is 7.05 Å². The molecule has 2 aromatic rings. The lowest BCUT2D eigenvalue weighted by atomic mass is 10.1. The van der Waals surface area contributed by atoms with Gasteiger partial charge in [-0.25, -0.2) is 4.98 Å². The maximum atomic E-state index is 4.23. The molecule has 1 atom stereocenters. The Morgan fingerprint density at radius 2 is 2.00 bits per heavy atom. The fourth-order valence-corrected chi connectivity index (χ4v) is 1.52. The number of anilines is 1. The van der Waals surface area contributed by atoms with Crippen molar-refractivity contribution < 1.29 is 0 Å². The third-order valence-corrected chi connectivity index (χ3v) is 2.47. The van der Waals surface area contributed by atoms with Crippen molar-refractivity contribution in [3.63, 3.8) is 0 Å². The van der Waals surface area contributed by atoms with Crippen molar-refractivity contribution >= 4 is 5.95 Å². The van der Waals surface area contributed by atoms with E-state index in [1.165, 1.54) is 5.56 Å². The fourth-order valence-electron chi connectivity index (χ4n) is 1.52. The first-order valence-electron chi connectivity index (χ1n) is 5.06. The number of aromatic nitrogens is 2. The molecule has 0 spiro atoms. The van der Waals surface area contributed by atoms with Crippen molar-refractivity contribution in [2.75, 3.05) is 5.32 Å². The molecule has 0 saturated carbocycles.